The summed E-state index contributed by atoms with van der Waals surface area (Å²) < 4.78 is 16.7. The van der Waals surface area contributed by atoms with Gasteiger partial charge in [0, 0.05) is 13.0 Å². The fourth-order valence-corrected chi connectivity index (χ4v) is 2.47. The quantitative estimate of drug-likeness (QED) is 0.548. The zero-order valence-electron chi connectivity index (χ0n) is 14.3. The summed E-state index contributed by atoms with van der Waals surface area (Å²) in [6.07, 6.45) is 13.0. The molecule has 5 nitrogen and oxygen atoms in total. The van der Waals surface area contributed by atoms with Crippen molar-refractivity contribution in [2.45, 2.75) is 45.0 Å². The van der Waals surface area contributed by atoms with Gasteiger partial charge in [-0.2, -0.15) is 0 Å². The van der Waals surface area contributed by atoms with Gasteiger partial charge in [-0.05, 0) is 6.42 Å². The molecule has 0 spiro atoms. The van der Waals surface area contributed by atoms with Gasteiger partial charge in [0.25, 0.3) is 0 Å². The van der Waals surface area contributed by atoms with E-state index in [9.17, 15) is 4.79 Å². The third-order valence-corrected chi connectivity index (χ3v) is 3.69. The van der Waals surface area contributed by atoms with Gasteiger partial charge in [0.1, 0.15) is 12.2 Å². The number of esters is 1. The molecule has 1 fully saturated rings. The number of nitrogens with two attached hydrogens (primary N) is 1. The Kier molecular flexibility index (Phi) is 9.52. The lowest BCUT2D eigenvalue weighted by molar-refractivity contribution is -0.189. The molecule has 0 saturated carbocycles. The average Bonchev–Trinajstić information content (AvgIpc) is 2.55. The normalized spacial score (nSPS) is 28.9. The number of carbonyl (C=O) groups is 1. The number of hydrogen-bond donors (Lipinski definition) is 1. The van der Waals surface area contributed by atoms with E-state index < -0.39 is 12.1 Å². The van der Waals surface area contributed by atoms with Crippen LogP contribution in [-0.4, -0.2) is 44.5 Å². The zero-order valence-corrected chi connectivity index (χ0v) is 14.3. The first-order valence-electron chi connectivity index (χ1n) is 8.18. The fourth-order valence-electron chi connectivity index (χ4n) is 2.47. The summed E-state index contributed by atoms with van der Waals surface area (Å²) in [5.74, 6) is -0.307. The van der Waals surface area contributed by atoms with Gasteiger partial charge in [0.15, 0.2) is 6.10 Å². The third kappa shape index (κ3) is 6.69. The molecule has 0 aromatic carbocycles. The van der Waals surface area contributed by atoms with E-state index in [2.05, 4.69) is 13.0 Å². The van der Waals surface area contributed by atoms with Gasteiger partial charge in [-0.3, -0.25) is 4.79 Å². The largest absolute Gasteiger partial charge is 0.455 e. The van der Waals surface area contributed by atoms with Crippen LogP contribution in [0.15, 0.2) is 36.5 Å². The molecule has 1 rings (SSSR count). The molecule has 0 aromatic heterocycles. The topological polar surface area (TPSA) is 70.8 Å². The van der Waals surface area contributed by atoms with Crippen molar-refractivity contribution in [1.82, 2.24) is 0 Å². The van der Waals surface area contributed by atoms with Crippen LogP contribution in [0, 0.1) is 5.92 Å². The van der Waals surface area contributed by atoms with Crippen LogP contribution in [0.4, 0.5) is 0 Å². The number of unbranched alkanes of at least 4 members (excludes halogenated alkanes) is 1. The molecule has 1 aliphatic heterocycles. The fraction of sp³-hybridized carbons (Fsp3) is 0.611. The molecule has 0 unspecified atom stereocenters. The molecule has 4 atom stereocenters. The van der Waals surface area contributed by atoms with E-state index in [4.69, 9.17) is 19.9 Å². The SMILES string of the molecule is CCC/C=C/C=C/C=C/[C@@H]1OC[C@H](C)[C@H](OC)[C@H]1OC(=O)CN. The standard InChI is InChI=1S/C18H29NO4/c1-4-5-6-7-8-9-10-11-15-18(23-16(20)12-19)17(21-3)14(2)13-22-15/h6-11,14-15,17-18H,4-5,12-13,19H2,1-3H3/b7-6+,9-8+,11-10+/t14-,15-,17-,18-/m0/s1. The lowest BCUT2D eigenvalue weighted by atomic mass is 9.93. The lowest BCUT2D eigenvalue weighted by Crippen LogP contribution is -2.52. The summed E-state index contributed by atoms with van der Waals surface area (Å²) in [6, 6.07) is 0. The van der Waals surface area contributed by atoms with Crippen LogP contribution in [-0.2, 0) is 19.0 Å². The van der Waals surface area contributed by atoms with Crippen LogP contribution in [0.3, 0.4) is 0 Å². The molecule has 0 aliphatic carbocycles. The predicted molar refractivity (Wildman–Crippen MR) is 91.0 cm³/mol. The number of methoxy groups -OCH3 is 1. The minimum absolute atomic E-state index is 0.146. The van der Waals surface area contributed by atoms with Crippen molar-refractivity contribution in [2.75, 3.05) is 20.3 Å². The van der Waals surface area contributed by atoms with E-state index in [0.717, 1.165) is 12.8 Å². The Morgan fingerprint density at radius 3 is 2.65 bits per heavy atom. The van der Waals surface area contributed by atoms with Crippen molar-refractivity contribution >= 4 is 5.97 Å². The van der Waals surface area contributed by atoms with E-state index >= 15 is 0 Å². The summed E-state index contributed by atoms with van der Waals surface area (Å²) in [6.45, 7) is 4.56. The minimum atomic E-state index is -0.486. The first-order valence-corrected chi connectivity index (χ1v) is 8.18. The maximum absolute atomic E-state index is 11.6. The molecule has 2 N–H and O–H groups in total. The Hall–Kier alpha value is -1.43. The van der Waals surface area contributed by atoms with Crippen molar-refractivity contribution in [1.29, 1.82) is 0 Å². The predicted octanol–water partition coefficient (Wildman–Crippen LogP) is 2.38. The Bertz CT molecular complexity index is 431. The van der Waals surface area contributed by atoms with Gasteiger partial charge in [-0.1, -0.05) is 56.7 Å². The second kappa shape index (κ2) is 11.2. The monoisotopic (exact) mass is 323 g/mol. The van der Waals surface area contributed by atoms with Gasteiger partial charge >= 0.3 is 5.97 Å². The van der Waals surface area contributed by atoms with Crippen LogP contribution >= 0.6 is 0 Å². The highest BCUT2D eigenvalue weighted by atomic mass is 16.6. The molecule has 130 valence electrons. The second-order valence-electron chi connectivity index (χ2n) is 5.62. The molecule has 5 heteroatoms. The zero-order chi connectivity index (χ0) is 17.1. The minimum Gasteiger partial charge on any atom is -0.455 e. The van der Waals surface area contributed by atoms with E-state index in [1.165, 1.54) is 0 Å². The molecule has 23 heavy (non-hydrogen) atoms. The highest BCUT2D eigenvalue weighted by molar-refractivity contribution is 5.71. The van der Waals surface area contributed by atoms with Crippen molar-refractivity contribution in [3.05, 3.63) is 36.5 Å². The smallest absolute Gasteiger partial charge is 0.320 e. The number of ether oxygens (including phenoxy) is 3. The van der Waals surface area contributed by atoms with Gasteiger partial charge < -0.3 is 19.9 Å². The maximum atomic E-state index is 11.6. The summed E-state index contributed by atoms with van der Waals surface area (Å²) in [4.78, 5) is 11.6. The molecular weight excluding hydrogens is 294 g/mol. The van der Waals surface area contributed by atoms with E-state index in [1.807, 2.05) is 37.3 Å². The van der Waals surface area contributed by atoms with Gasteiger partial charge in [0.2, 0.25) is 0 Å². The lowest BCUT2D eigenvalue weighted by Gasteiger charge is -2.39. The van der Waals surface area contributed by atoms with Gasteiger partial charge in [-0.15, -0.1) is 0 Å². The first-order chi connectivity index (χ1) is 11.1. The Balaban J connectivity index is 2.70. The van der Waals surface area contributed by atoms with Crippen molar-refractivity contribution in [3.8, 4) is 0 Å². The first kappa shape index (κ1) is 19.6. The Labute approximate surface area is 139 Å². The summed E-state index contributed by atoms with van der Waals surface area (Å²) in [5.41, 5.74) is 5.34. The number of allylic oxidation sites excluding steroid dienone is 5. The van der Waals surface area contributed by atoms with Crippen molar-refractivity contribution < 1.29 is 19.0 Å². The summed E-state index contributed by atoms with van der Waals surface area (Å²) >= 11 is 0. The van der Waals surface area contributed by atoms with Gasteiger partial charge in [-0.25, -0.2) is 0 Å². The number of hydrogen-bond acceptors (Lipinski definition) is 5. The second-order valence-corrected chi connectivity index (χ2v) is 5.62. The number of carbonyl (C=O) groups excluding carboxylic acids is 1. The Morgan fingerprint density at radius 1 is 1.26 bits per heavy atom. The molecule has 0 radical (unpaired) electrons. The van der Waals surface area contributed by atoms with Gasteiger partial charge in [0.05, 0.1) is 13.2 Å². The molecule has 1 saturated heterocycles. The summed E-state index contributed by atoms with van der Waals surface area (Å²) in [5, 5.41) is 0. The highest BCUT2D eigenvalue weighted by Crippen LogP contribution is 2.26. The Morgan fingerprint density at radius 2 is 2.00 bits per heavy atom. The van der Waals surface area contributed by atoms with E-state index in [1.54, 1.807) is 7.11 Å². The highest BCUT2D eigenvalue weighted by Gasteiger charge is 2.40. The molecule has 1 aliphatic rings. The molecule has 0 amide bonds. The van der Waals surface area contributed by atoms with Crippen molar-refractivity contribution in [2.24, 2.45) is 11.7 Å². The summed E-state index contributed by atoms with van der Waals surface area (Å²) in [7, 11) is 1.62. The van der Waals surface area contributed by atoms with Crippen LogP contribution in [0.2, 0.25) is 0 Å². The molecule has 1 heterocycles. The molecular formula is C18H29NO4. The average molecular weight is 323 g/mol. The third-order valence-electron chi connectivity index (χ3n) is 3.69. The maximum Gasteiger partial charge on any atom is 0.320 e. The molecule has 0 aromatic rings. The van der Waals surface area contributed by atoms with Crippen molar-refractivity contribution in [3.63, 3.8) is 0 Å². The molecule has 0 bridgehead atoms. The number of rotatable bonds is 8. The van der Waals surface area contributed by atoms with E-state index in [0.29, 0.717) is 6.61 Å². The van der Waals surface area contributed by atoms with E-state index in [-0.39, 0.29) is 24.7 Å². The van der Waals surface area contributed by atoms with Crippen LogP contribution in [0.1, 0.15) is 26.7 Å². The van der Waals surface area contributed by atoms with Crippen LogP contribution in [0.5, 0.6) is 0 Å². The van der Waals surface area contributed by atoms with Crippen LogP contribution < -0.4 is 5.73 Å². The van der Waals surface area contributed by atoms with Crippen LogP contribution in [0.25, 0.3) is 0 Å².